The second-order valence-electron chi connectivity index (χ2n) is 3.50. The van der Waals surface area contributed by atoms with Crippen LogP contribution >= 0.6 is 15.9 Å². The summed E-state index contributed by atoms with van der Waals surface area (Å²) in [4.78, 5) is 0. The van der Waals surface area contributed by atoms with Crippen LogP contribution < -0.4 is 5.73 Å². The van der Waals surface area contributed by atoms with E-state index in [1.807, 2.05) is 0 Å². The summed E-state index contributed by atoms with van der Waals surface area (Å²) in [6, 6.07) is 2.65. The molecule has 90 valence electrons. The monoisotopic (exact) mass is 302 g/mol. The molecule has 1 aromatic carbocycles. The highest BCUT2D eigenvalue weighted by Gasteiger charge is 2.23. The first kappa shape index (κ1) is 12.1. The minimum atomic E-state index is -0.967. The number of hydrogen-bond acceptors (Lipinski definition) is 3. The fourth-order valence-corrected chi connectivity index (χ4v) is 2.19. The van der Waals surface area contributed by atoms with E-state index in [4.69, 9.17) is 5.73 Å². The smallest absolute Gasteiger partial charge is 0.153 e. The van der Waals surface area contributed by atoms with Crippen LogP contribution in [0.4, 0.5) is 8.78 Å². The Bertz CT molecular complexity index is 515. The Morgan fingerprint density at radius 1 is 1.35 bits per heavy atom. The predicted octanol–water partition coefficient (Wildman–Crippen LogP) is 1.90. The Kier molecular flexibility index (Phi) is 3.21. The van der Waals surface area contributed by atoms with Crippen LogP contribution in [0.25, 0.3) is 0 Å². The molecule has 0 amide bonds. The molecule has 2 rings (SSSR count). The Labute approximate surface area is 105 Å². The van der Waals surface area contributed by atoms with Crippen molar-refractivity contribution in [1.82, 2.24) is 15.0 Å². The van der Waals surface area contributed by atoms with Gasteiger partial charge in [-0.25, -0.2) is 13.5 Å². The summed E-state index contributed by atoms with van der Waals surface area (Å²) < 4.78 is 28.9. The van der Waals surface area contributed by atoms with Gasteiger partial charge in [0.25, 0.3) is 0 Å². The summed E-state index contributed by atoms with van der Waals surface area (Å²) in [5, 5.41) is 7.44. The molecule has 1 atom stereocenters. The fraction of sp³-hybridized carbons (Fsp3) is 0.200. The molecule has 1 aromatic heterocycles. The zero-order valence-corrected chi connectivity index (χ0v) is 10.4. The van der Waals surface area contributed by atoms with Crippen molar-refractivity contribution >= 4 is 15.9 Å². The van der Waals surface area contributed by atoms with Crippen molar-refractivity contribution in [2.75, 3.05) is 0 Å². The molecule has 1 unspecified atom stereocenters. The van der Waals surface area contributed by atoms with Crippen LogP contribution in [0.2, 0.25) is 0 Å². The minimum Gasteiger partial charge on any atom is -0.319 e. The lowest BCUT2D eigenvalue weighted by molar-refractivity contribution is 0.532. The lowest BCUT2D eigenvalue weighted by Gasteiger charge is -2.14. The summed E-state index contributed by atoms with van der Waals surface area (Å²) >= 11 is 3.14. The molecule has 0 bridgehead atoms. The minimum absolute atomic E-state index is 0.196. The van der Waals surface area contributed by atoms with Gasteiger partial charge in [-0.05, 0) is 28.1 Å². The van der Waals surface area contributed by atoms with E-state index in [2.05, 4.69) is 26.2 Å². The number of hydrogen-bond donors (Lipinski definition) is 1. The molecule has 0 aliphatic heterocycles. The van der Waals surface area contributed by atoms with Gasteiger partial charge in [0.15, 0.2) is 4.60 Å². The number of halogens is 3. The molecule has 4 nitrogen and oxygen atoms in total. The normalized spacial score (nSPS) is 12.8. The molecular weight excluding hydrogens is 294 g/mol. The Hall–Kier alpha value is -1.34. The summed E-state index contributed by atoms with van der Waals surface area (Å²) in [6.07, 6.45) is 0. The third-order valence-corrected chi connectivity index (χ3v) is 3.00. The average Bonchev–Trinajstić information content (AvgIpc) is 2.58. The Morgan fingerprint density at radius 2 is 1.94 bits per heavy atom. The maximum atomic E-state index is 13.6. The molecule has 0 saturated carbocycles. The Balaban J connectivity index is 2.55. The highest BCUT2D eigenvalue weighted by Crippen LogP contribution is 2.27. The van der Waals surface area contributed by atoms with Crippen molar-refractivity contribution in [3.63, 3.8) is 0 Å². The van der Waals surface area contributed by atoms with Gasteiger partial charge >= 0.3 is 0 Å². The van der Waals surface area contributed by atoms with E-state index in [0.717, 1.165) is 12.1 Å². The van der Waals surface area contributed by atoms with Crippen LogP contribution in [-0.2, 0) is 7.05 Å². The van der Waals surface area contributed by atoms with Gasteiger partial charge in [0, 0.05) is 12.6 Å². The van der Waals surface area contributed by atoms with Crippen molar-refractivity contribution in [1.29, 1.82) is 0 Å². The van der Waals surface area contributed by atoms with Crippen molar-refractivity contribution in [3.8, 4) is 0 Å². The average molecular weight is 303 g/mol. The van der Waals surface area contributed by atoms with Gasteiger partial charge in [-0.1, -0.05) is 11.3 Å². The van der Waals surface area contributed by atoms with Gasteiger partial charge in [-0.2, -0.15) is 0 Å². The number of aromatic nitrogens is 3. The maximum absolute atomic E-state index is 13.6. The second kappa shape index (κ2) is 4.50. The van der Waals surface area contributed by atoms with Gasteiger partial charge in [-0.15, -0.1) is 5.10 Å². The van der Waals surface area contributed by atoms with Crippen molar-refractivity contribution in [2.45, 2.75) is 6.04 Å². The predicted molar refractivity (Wildman–Crippen MR) is 61.1 cm³/mol. The Morgan fingerprint density at radius 3 is 2.41 bits per heavy atom. The van der Waals surface area contributed by atoms with E-state index in [-0.39, 0.29) is 5.56 Å². The first-order valence-corrected chi connectivity index (χ1v) is 5.56. The molecular formula is C10H9BrF2N4. The van der Waals surface area contributed by atoms with Crippen molar-refractivity contribution < 1.29 is 8.78 Å². The molecule has 0 spiro atoms. The summed E-state index contributed by atoms with van der Waals surface area (Å²) in [5.41, 5.74) is 6.07. The van der Waals surface area contributed by atoms with Gasteiger partial charge < -0.3 is 5.73 Å². The quantitative estimate of drug-likeness (QED) is 0.922. The topological polar surface area (TPSA) is 56.7 Å². The molecule has 0 radical (unpaired) electrons. The molecule has 1 heterocycles. The number of rotatable bonds is 2. The molecule has 7 heteroatoms. The van der Waals surface area contributed by atoms with E-state index in [1.54, 1.807) is 7.05 Å². The van der Waals surface area contributed by atoms with Crippen LogP contribution in [0.15, 0.2) is 22.8 Å². The van der Waals surface area contributed by atoms with Crippen LogP contribution in [0, 0.1) is 11.6 Å². The number of nitrogens with two attached hydrogens (primary N) is 1. The highest BCUT2D eigenvalue weighted by atomic mass is 79.9. The first-order valence-electron chi connectivity index (χ1n) is 4.77. The standard InChI is InChI=1S/C10H9BrF2N4/c1-17-9(10(11)15-16-17)8(14)7-5(12)3-2-4-6(7)13/h2-4,8H,14H2,1H3. The zero-order chi connectivity index (χ0) is 12.6. The fourth-order valence-electron chi connectivity index (χ4n) is 1.61. The van der Waals surface area contributed by atoms with Crippen LogP contribution in [0.3, 0.4) is 0 Å². The number of nitrogens with zero attached hydrogens (tertiary/aromatic N) is 3. The largest absolute Gasteiger partial charge is 0.319 e. The number of aryl methyl sites for hydroxylation is 1. The third kappa shape index (κ3) is 2.07. The molecule has 0 saturated heterocycles. The maximum Gasteiger partial charge on any atom is 0.153 e. The van der Waals surface area contributed by atoms with Gasteiger partial charge in [-0.3, -0.25) is 0 Å². The van der Waals surface area contributed by atoms with Crippen LogP contribution in [0.5, 0.6) is 0 Å². The second-order valence-corrected chi connectivity index (χ2v) is 4.25. The van der Waals surface area contributed by atoms with Gasteiger partial charge in [0.2, 0.25) is 0 Å². The molecule has 2 aromatic rings. The van der Waals surface area contributed by atoms with Gasteiger partial charge in [0.05, 0.1) is 11.7 Å². The van der Waals surface area contributed by atoms with E-state index in [0.29, 0.717) is 10.3 Å². The van der Waals surface area contributed by atoms with E-state index < -0.39 is 17.7 Å². The van der Waals surface area contributed by atoms with Crippen LogP contribution in [0.1, 0.15) is 17.3 Å². The zero-order valence-electron chi connectivity index (χ0n) is 8.86. The van der Waals surface area contributed by atoms with Gasteiger partial charge in [0.1, 0.15) is 11.6 Å². The van der Waals surface area contributed by atoms with E-state index in [9.17, 15) is 8.78 Å². The molecule has 0 fully saturated rings. The highest BCUT2D eigenvalue weighted by molar-refractivity contribution is 9.10. The lowest BCUT2D eigenvalue weighted by Crippen LogP contribution is -2.19. The molecule has 17 heavy (non-hydrogen) atoms. The molecule has 0 aliphatic carbocycles. The van der Waals surface area contributed by atoms with Crippen molar-refractivity contribution in [2.24, 2.45) is 12.8 Å². The van der Waals surface area contributed by atoms with E-state index in [1.165, 1.54) is 10.7 Å². The number of benzene rings is 1. The summed E-state index contributed by atoms with van der Waals surface area (Å²) in [6.45, 7) is 0. The molecule has 2 N–H and O–H groups in total. The van der Waals surface area contributed by atoms with E-state index >= 15 is 0 Å². The molecule has 0 aliphatic rings. The summed E-state index contributed by atoms with van der Waals surface area (Å²) in [5.74, 6) is -1.38. The van der Waals surface area contributed by atoms with Crippen LogP contribution in [-0.4, -0.2) is 15.0 Å². The first-order chi connectivity index (χ1) is 8.02. The van der Waals surface area contributed by atoms with Crippen molar-refractivity contribution in [3.05, 3.63) is 45.7 Å². The SMILES string of the molecule is Cn1nnc(Br)c1C(N)c1c(F)cccc1F. The third-order valence-electron chi connectivity index (χ3n) is 2.43. The summed E-state index contributed by atoms with van der Waals surface area (Å²) in [7, 11) is 1.60. The lowest BCUT2D eigenvalue weighted by atomic mass is 10.0.